The number of hydrogen-bond acceptors (Lipinski definition) is 3. The van der Waals surface area contributed by atoms with Gasteiger partial charge >= 0.3 is 0 Å². The summed E-state index contributed by atoms with van der Waals surface area (Å²) < 4.78 is 0.944. The van der Waals surface area contributed by atoms with Crippen LogP contribution >= 0.6 is 15.9 Å². The maximum Gasteiger partial charge on any atom is 0.120 e. The molecule has 0 spiro atoms. The van der Waals surface area contributed by atoms with Crippen LogP contribution in [0.2, 0.25) is 0 Å². The van der Waals surface area contributed by atoms with E-state index in [4.69, 9.17) is 0 Å². The number of aromatic hydroxyl groups is 1. The van der Waals surface area contributed by atoms with Crippen LogP contribution in [0, 0.1) is 5.92 Å². The topological polar surface area (TPSA) is 52.5 Å². The molecule has 20 heavy (non-hydrogen) atoms. The maximum absolute atomic E-state index is 10.4. The molecule has 0 aliphatic carbocycles. The first-order chi connectivity index (χ1) is 9.25. The van der Waals surface area contributed by atoms with E-state index < -0.39 is 5.60 Å². The minimum absolute atomic E-state index is 0.0335. The van der Waals surface area contributed by atoms with Crippen molar-refractivity contribution in [1.29, 1.82) is 0 Å². The molecule has 0 radical (unpaired) electrons. The summed E-state index contributed by atoms with van der Waals surface area (Å²) in [5, 5.41) is 23.7. The molecule has 4 heteroatoms. The lowest BCUT2D eigenvalue weighted by Gasteiger charge is -2.29. The number of halogens is 1. The zero-order valence-electron chi connectivity index (χ0n) is 12.8. The third kappa shape index (κ3) is 5.43. The minimum atomic E-state index is -0.733. The molecule has 2 unspecified atom stereocenters. The van der Waals surface area contributed by atoms with E-state index in [1.807, 2.05) is 19.1 Å². The van der Waals surface area contributed by atoms with Crippen LogP contribution in [0.4, 0.5) is 0 Å². The van der Waals surface area contributed by atoms with E-state index >= 15 is 0 Å². The van der Waals surface area contributed by atoms with E-state index in [1.165, 1.54) is 0 Å². The van der Waals surface area contributed by atoms with Gasteiger partial charge in [0, 0.05) is 22.6 Å². The fraction of sp³-hybridized carbons (Fsp3) is 0.625. The van der Waals surface area contributed by atoms with Crippen LogP contribution < -0.4 is 5.32 Å². The summed E-state index contributed by atoms with van der Waals surface area (Å²) in [5.74, 6) is 0.738. The van der Waals surface area contributed by atoms with Gasteiger partial charge < -0.3 is 15.5 Å². The van der Waals surface area contributed by atoms with Gasteiger partial charge in [-0.2, -0.15) is 0 Å². The van der Waals surface area contributed by atoms with E-state index in [0.717, 1.165) is 22.9 Å². The summed E-state index contributed by atoms with van der Waals surface area (Å²) in [4.78, 5) is 0. The van der Waals surface area contributed by atoms with Gasteiger partial charge in [-0.05, 0) is 43.9 Å². The van der Waals surface area contributed by atoms with Crippen molar-refractivity contribution < 1.29 is 10.2 Å². The fourth-order valence-corrected chi connectivity index (χ4v) is 2.95. The Bertz CT molecular complexity index is 432. The molecule has 0 amide bonds. The van der Waals surface area contributed by atoms with E-state index in [2.05, 4.69) is 42.0 Å². The number of hydrogen-bond donors (Lipinski definition) is 3. The van der Waals surface area contributed by atoms with Crippen LogP contribution in [0.15, 0.2) is 22.7 Å². The Morgan fingerprint density at radius 2 is 2.00 bits per heavy atom. The molecule has 0 saturated heterocycles. The van der Waals surface area contributed by atoms with Gasteiger partial charge in [0.15, 0.2) is 0 Å². The molecule has 1 aromatic carbocycles. The number of benzene rings is 1. The van der Waals surface area contributed by atoms with Gasteiger partial charge in [0.2, 0.25) is 0 Å². The Balaban J connectivity index is 2.75. The molecule has 1 rings (SSSR count). The lowest BCUT2D eigenvalue weighted by Crippen LogP contribution is -2.40. The normalized spacial score (nSPS) is 16.1. The van der Waals surface area contributed by atoms with Crippen LogP contribution in [-0.4, -0.2) is 22.4 Å². The van der Waals surface area contributed by atoms with Gasteiger partial charge in [-0.25, -0.2) is 0 Å². The van der Waals surface area contributed by atoms with Crippen molar-refractivity contribution in [2.24, 2.45) is 5.92 Å². The number of phenols is 1. The predicted octanol–water partition coefficient (Wildman–Crippen LogP) is 3.99. The molecule has 2 atom stereocenters. The van der Waals surface area contributed by atoms with Crippen LogP contribution in [0.3, 0.4) is 0 Å². The van der Waals surface area contributed by atoms with Crippen molar-refractivity contribution in [1.82, 2.24) is 5.32 Å². The van der Waals surface area contributed by atoms with E-state index in [9.17, 15) is 10.2 Å². The molecular weight excluding hydrogens is 318 g/mol. The average Bonchev–Trinajstić information content (AvgIpc) is 2.32. The highest BCUT2D eigenvalue weighted by molar-refractivity contribution is 9.10. The molecule has 114 valence electrons. The van der Waals surface area contributed by atoms with Crippen molar-refractivity contribution in [3.05, 3.63) is 28.2 Å². The monoisotopic (exact) mass is 343 g/mol. The molecule has 3 nitrogen and oxygen atoms in total. The van der Waals surface area contributed by atoms with Crippen LogP contribution in [-0.2, 0) is 0 Å². The number of rotatable bonds is 7. The molecule has 0 heterocycles. The van der Waals surface area contributed by atoms with E-state index in [0.29, 0.717) is 12.5 Å². The molecule has 0 fully saturated rings. The highest BCUT2D eigenvalue weighted by atomic mass is 79.9. The lowest BCUT2D eigenvalue weighted by atomic mass is 9.93. The summed E-state index contributed by atoms with van der Waals surface area (Å²) in [5.41, 5.74) is 0.130. The number of nitrogens with one attached hydrogen (secondary N) is 1. The third-order valence-corrected chi connectivity index (χ3v) is 3.84. The summed E-state index contributed by atoms with van der Waals surface area (Å²) in [6.45, 7) is 8.64. The summed E-state index contributed by atoms with van der Waals surface area (Å²) in [6, 6.07) is 5.47. The first-order valence-corrected chi connectivity index (χ1v) is 7.98. The van der Waals surface area contributed by atoms with Crippen molar-refractivity contribution in [3.8, 4) is 5.75 Å². The smallest absolute Gasteiger partial charge is 0.120 e. The van der Waals surface area contributed by atoms with Gasteiger partial charge in [-0.15, -0.1) is 0 Å². The zero-order valence-corrected chi connectivity index (χ0v) is 14.4. The fourth-order valence-electron chi connectivity index (χ4n) is 2.57. The minimum Gasteiger partial charge on any atom is -0.508 e. The van der Waals surface area contributed by atoms with Gasteiger partial charge in [-0.1, -0.05) is 36.7 Å². The van der Waals surface area contributed by atoms with Gasteiger partial charge in [-0.3, -0.25) is 0 Å². The Morgan fingerprint density at radius 3 is 2.55 bits per heavy atom. The highest BCUT2D eigenvalue weighted by Gasteiger charge is 2.24. The second kappa shape index (κ2) is 7.43. The van der Waals surface area contributed by atoms with Crippen LogP contribution in [0.5, 0.6) is 5.75 Å². The lowest BCUT2D eigenvalue weighted by molar-refractivity contribution is 0.0356. The summed E-state index contributed by atoms with van der Waals surface area (Å²) in [7, 11) is 0. The first kappa shape index (κ1) is 17.5. The van der Waals surface area contributed by atoms with Crippen LogP contribution in [0.1, 0.15) is 52.1 Å². The Labute approximate surface area is 130 Å². The molecule has 0 bridgehead atoms. The second-order valence-electron chi connectivity index (χ2n) is 6.14. The van der Waals surface area contributed by atoms with Gasteiger partial charge in [0.05, 0.1) is 5.60 Å². The second-order valence-corrected chi connectivity index (χ2v) is 7.06. The quantitative estimate of drug-likeness (QED) is 0.701. The van der Waals surface area contributed by atoms with Crippen molar-refractivity contribution in [3.63, 3.8) is 0 Å². The highest BCUT2D eigenvalue weighted by Crippen LogP contribution is 2.29. The van der Waals surface area contributed by atoms with Crippen LogP contribution in [0.25, 0.3) is 0 Å². The number of aliphatic hydroxyl groups is 1. The zero-order chi connectivity index (χ0) is 15.3. The van der Waals surface area contributed by atoms with Crippen molar-refractivity contribution in [2.45, 2.75) is 52.2 Å². The number of phenolic OH excluding ortho intramolecular Hbond substituents is 1. The van der Waals surface area contributed by atoms with Gasteiger partial charge in [0.1, 0.15) is 5.75 Å². The summed E-state index contributed by atoms with van der Waals surface area (Å²) >= 11 is 3.43. The molecule has 0 aliphatic rings. The Kier molecular flexibility index (Phi) is 6.49. The van der Waals surface area contributed by atoms with Crippen molar-refractivity contribution >= 4 is 15.9 Å². The molecule has 0 aromatic heterocycles. The molecule has 0 saturated carbocycles. The predicted molar refractivity (Wildman–Crippen MR) is 86.9 cm³/mol. The van der Waals surface area contributed by atoms with E-state index in [-0.39, 0.29) is 11.8 Å². The van der Waals surface area contributed by atoms with Crippen molar-refractivity contribution in [2.75, 3.05) is 6.54 Å². The first-order valence-electron chi connectivity index (χ1n) is 7.19. The Morgan fingerprint density at radius 1 is 1.35 bits per heavy atom. The maximum atomic E-state index is 10.4. The van der Waals surface area contributed by atoms with E-state index in [1.54, 1.807) is 6.07 Å². The van der Waals surface area contributed by atoms with Gasteiger partial charge in [0.25, 0.3) is 0 Å². The largest absolute Gasteiger partial charge is 0.508 e. The summed E-state index contributed by atoms with van der Waals surface area (Å²) in [6.07, 6.45) is 1.60. The molecule has 0 aliphatic heterocycles. The molecule has 3 N–H and O–H groups in total. The average molecular weight is 344 g/mol. The Hall–Kier alpha value is -0.580. The molecule has 1 aromatic rings. The molecular formula is C16H26BrNO2. The third-order valence-electron chi connectivity index (χ3n) is 3.35. The standard InChI is InChI=1S/C16H26BrNO2/c1-5-14(13-8-12(17)6-7-15(13)19)18-10-16(4,20)9-11(2)3/h6-8,11,14,18-20H,5,9-10H2,1-4H3. The SMILES string of the molecule is CCC(NCC(C)(O)CC(C)C)c1cc(Br)ccc1O.